The van der Waals surface area contributed by atoms with Crippen LogP contribution in [-0.4, -0.2) is 20.6 Å². The summed E-state index contributed by atoms with van der Waals surface area (Å²) in [5, 5.41) is 15.1. The highest BCUT2D eigenvalue weighted by atomic mass is 16.6. The summed E-state index contributed by atoms with van der Waals surface area (Å²) in [7, 11) is 0. The zero-order chi connectivity index (χ0) is 19.1. The second-order valence-corrected chi connectivity index (χ2v) is 6.27. The number of carbonyl (C=O) groups is 1. The Morgan fingerprint density at radius 2 is 1.77 bits per heavy atom. The highest BCUT2D eigenvalue weighted by Gasteiger charge is 2.22. The van der Waals surface area contributed by atoms with Crippen molar-refractivity contribution in [2.75, 3.05) is 5.73 Å². The predicted octanol–water partition coefficient (Wildman–Crippen LogP) is 3.50. The molecule has 0 fully saturated rings. The van der Waals surface area contributed by atoms with E-state index < -0.39 is 10.8 Å². The van der Waals surface area contributed by atoms with Crippen LogP contribution >= 0.6 is 0 Å². The molecule has 1 aromatic heterocycles. The molecular weight excluding hydrogens is 334 g/mol. The van der Waals surface area contributed by atoms with E-state index in [1.807, 2.05) is 0 Å². The lowest BCUT2D eigenvalue weighted by Gasteiger charge is -2.09. The van der Waals surface area contributed by atoms with Crippen LogP contribution in [0.5, 0.6) is 0 Å². The molecule has 2 rings (SSSR count). The number of aryl methyl sites for hydroxylation is 1. The number of non-ortho nitro benzene ring substituents is 1. The number of aromatic nitrogens is 2. The third kappa shape index (κ3) is 4.59. The number of nitro benzene ring substituents is 1. The normalized spacial score (nSPS) is 10.8. The van der Waals surface area contributed by atoms with Crippen molar-refractivity contribution in [1.82, 2.24) is 9.78 Å². The molecule has 0 aliphatic heterocycles. The third-order valence-corrected chi connectivity index (χ3v) is 4.30. The van der Waals surface area contributed by atoms with E-state index in [0.29, 0.717) is 17.8 Å². The number of unbranched alkanes of at least 4 members (excludes halogenated alkanes) is 5. The average molecular weight is 359 g/mol. The molecule has 0 radical (unpaired) electrons. The molecule has 8 nitrogen and oxygen atoms in total. The van der Waals surface area contributed by atoms with E-state index in [-0.39, 0.29) is 17.1 Å². The van der Waals surface area contributed by atoms with Gasteiger partial charge in [-0.3, -0.25) is 19.6 Å². The van der Waals surface area contributed by atoms with Crippen molar-refractivity contribution in [3.63, 3.8) is 0 Å². The standard InChI is InChI=1S/C18H25N5O3/c1-2-3-4-5-6-7-12-22-16(15(18(20)24)17(19)21-22)13-8-10-14(11-9-13)23(25)26/h8-11H,2-7,12H2,1H3,(H2,19,21)(H2,20,24). The van der Waals surface area contributed by atoms with Crippen LogP contribution in [0.1, 0.15) is 55.8 Å². The number of primary amides is 1. The summed E-state index contributed by atoms with van der Waals surface area (Å²) in [6.07, 6.45) is 6.75. The number of nitrogens with two attached hydrogens (primary N) is 2. The third-order valence-electron chi connectivity index (χ3n) is 4.30. The van der Waals surface area contributed by atoms with Gasteiger partial charge in [0, 0.05) is 24.2 Å². The Balaban J connectivity index is 2.24. The summed E-state index contributed by atoms with van der Waals surface area (Å²) in [6, 6.07) is 5.94. The maximum atomic E-state index is 11.8. The van der Waals surface area contributed by atoms with E-state index >= 15 is 0 Å². The molecule has 0 bridgehead atoms. The van der Waals surface area contributed by atoms with Crippen LogP contribution in [0.4, 0.5) is 11.5 Å². The summed E-state index contributed by atoms with van der Waals surface area (Å²) in [5.74, 6) is -0.582. The molecule has 1 heterocycles. The van der Waals surface area contributed by atoms with Crippen molar-refractivity contribution in [3.05, 3.63) is 39.9 Å². The van der Waals surface area contributed by atoms with Gasteiger partial charge in [0.05, 0.1) is 10.6 Å². The number of hydrogen-bond acceptors (Lipinski definition) is 5. The average Bonchev–Trinajstić information content (AvgIpc) is 2.94. The van der Waals surface area contributed by atoms with Crippen molar-refractivity contribution in [2.24, 2.45) is 5.73 Å². The van der Waals surface area contributed by atoms with Crippen molar-refractivity contribution < 1.29 is 9.72 Å². The topological polar surface area (TPSA) is 130 Å². The highest BCUT2D eigenvalue weighted by Crippen LogP contribution is 2.29. The SMILES string of the molecule is CCCCCCCCn1nc(N)c(C(N)=O)c1-c1ccc([N+](=O)[O-])cc1. The molecule has 1 amide bonds. The fourth-order valence-corrected chi connectivity index (χ4v) is 2.96. The molecule has 0 spiro atoms. The Morgan fingerprint density at radius 3 is 2.35 bits per heavy atom. The molecule has 8 heteroatoms. The first-order chi connectivity index (χ1) is 12.5. The minimum atomic E-state index is -0.662. The lowest BCUT2D eigenvalue weighted by molar-refractivity contribution is -0.384. The van der Waals surface area contributed by atoms with E-state index in [4.69, 9.17) is 11.5 Å². The molecule has 0 atom stereocenters. The smallest absolute Gasteiger partial charge is 0.269 e. The van der Waals surface area contributed by atoms with Gasteiger partial charge in [-0.05, 0) is 18.6 Å². The minimum Gasteiger partial charge on any atom is -0.382 e. The molecule has 0 saturated carbocycles. The van der Waals surface area contributed by atoms with Crippen molar-refractivity contribution in [2.45, 2.75) is 52.0 Å². The van der Waals surface area contributed by atoms with Crippen molar-refractivity contribution in [3.8, 4) is 11.3 Å². The summed E-state index contributed by atoms with van der Waals surface area (Å²) < 4.78 is 1.68. The van der Waals surface area contributed by atoms with Gasteiger partial charge in [-0.15, -0.1) is 0 Å². The van der Waals surface area contributed by atoms with E-state index in [9.17, 15) is 14.9 Å². The molecule has 4 N–H and O–H groups in total. The van der Waals surface area contributed by atoms with Crippen LogP contribution in [-0.2, 0) is 6.54 Å². The van der Waals surface area contributed by atoms with E-state index in [1.54, 1.807) is 16.8 Å². The molecule has 0 unspecified atom stereocenters. The summed E-state index contributed by atoms with van der Waals surface area (Å²) >= 11 is 0. The van der Waals surface area contributed by atoms with Crippen LogP contribution in [0.25, 0.3) is 11.3 Å². The lowest BCUT2D eigenvalue weighted by atomic mass is 10.1. The number of anilines is 1. The largest absolute Gasteiger partial charge is 0.382 e. The fourth-order valence-electron chi connectivity index (χ4n) is 2.96. The maximum Gasteiger partial charge on any atom is 0.269 e. The molecular formula is C18H25N5O3. The van der Waals surface area contributed by atoms with Gasteiger partial charge in [-0.25, -0.2) is 0 Å². The van der Waals surface area contributed by atoms with Gasteiger partial charge in [0.2, 0.25) is 0 Å². The Labute approximate surface area is 152 Å². The number of nitrogens with zero attached hydrogens (tertiary/aromatic N) is 3. The molecule has 0 aliphatic rings. The first kappa shape index (κ1) is 19.4. The van der Waals surface area contributed by atoms with Crippen LogP contribution < -0.4 is 11.5 Å². The quantitative estimate of drug-likeness (QED) is 0.381. The number of rotatable bonds is 10. The lowest BCUT2D eigenvalue weighted by Crippen LogP contribution is -2.14. The Kier molecular flexibility index (Phi) is 6.71. The van der Waals surface area contributed by atoms with Crippen molar-refractivity contribution in [1.29, 1.82) is 0 Å². The van der Waals surface area contributed by atoms with Crippen LogP contribution in [0.15, 0.2) is 24.3 Å². The van der Waals surface area contributed by atoms with Gasteiger partial charge < -0.3 is 11.5 Å². The zero-order valence-electron chi connectivity index (χ0n) is 15.0. The van der Waals surface area contributed by atoms with Gasteiger partial charge in [0.25, 0.3) is 11.6 Å². The number of nitrogen functional groups attached to an aromatic ring is 1. The van der Waals surface area contributed by atoms with E-state index in [1.165, 1.54) is 31.4 Å². The zero-order valence-corrected chi connectivity index (χ0v) is 15.0. The summed E-state index contributed by atoms with van der Waals surface area (Å²) in [5.41, 5.74) is 12.6. The molecule has 0 aliphatic carbocycles. The van der Waals surface area contributed by atoms with Gasteiger partial charge in [-0.1, -0.05) is 39.0 Å². The number of hydrogen-bond donors (Lipinski definition) is 2. The fraction of sp³-hybridized carbons (Fsp3) is 0.444. The van der Waals surface area contributed by atoms with Crippen molar-refractivity contribution >= 4 is 17.4 Å². The van der Waals surface area contributed by atoms with Crippen LogP contribution in [0.3, 0.4) is 0 Å². The Morgan fingerprint density at radius 1 is 1.15 bits per heavy atom. The number of amides is 1. The summed E-state index contributed by atoms with van der Waals surface area (Å²) in [4.78, 5) is 22.2. The van der Waals surface area contributed by atoms with Gasteiger partial charge in [0.1, 0.15) is 5.56 Å². The first-order valence-corrected chi connectivity index (χ1v) is 8.86. The Hall–Kier alpha value is -2.90. The van der Waals surface area contributed by atoms with E-state index in [2.05, 4.69) is 12.0 Å². The number of nitro groups is 1. The van der Waals surface area contributed by atoms with Gasteiger partial charge >= 0.3 is 0 Å². The first-order valence-electron chi connectivity index (χ1n) is 8.86. The summed E-state index contributed by atoms with van der Waals surface area (Å²) in [6.45, 7) is 2.78. The molecule has 140 valence electrons. The van der Waals surface area contributed by atoms with Crippen LogP contribution in [0, 0.1) is 10.1 Å². The van der Waals surface area contributed by atoms with Gasteiger partial charge in [0.15, 0.2) is 5.82 Å². The monoisotopic (exact) mass is 359 g/mol. The molecule has 26 heavy (non-hydrogen) atoms. The predicted molar refractivity (Wildman–Crippen MR) is 101 cm³/mol. The maximum absolute atomic E-state index is 11.8. The second-order valence-electron chi connectivity index (χ2n) is 6.27. The van der Waals surface area contributed by atoms with Crippen LogP contribution in [0.2, 0.25) is 0 Å². The minimum absolute atomic E-state index is 0.0238. The molecule has 0 saturated heterocycles. The van der Waals surface area contributed by atoms with E-state index in [0.717, 1.165) is 19.3 Å². The second kappa shape index (κ2) is 8.98. The van der Waals surface area contributed by atoms with Gasteiger partial charge in [-0.2, -0.15) is 5.10 Å². The highest BCUT2D eigenvalue weighted by molar-refractivity contribution is 6.03. The molecule has 1 aromatic carbocycles. The number of benzene rings is 1. The Bertz CT molecular complexity index is 768. The number of carbonyl (C=O) groups excluding carboxylic acids is 1. The molecule has 2 aromatic rings.